The van der Waals surface area contributed by atoms with Crippen molar-refractivity contribution >= 4 is 64.8 Å². The number of nitrogens with zero attached hydrogens (tertiary/aromatic N) is 2. The number of ether oxygens (including phenoxy) is 1. The highest BCUT2D eigenvalue weighted by molar-refractivity contribution is 7.90. The average molecular weight is 529 g/mol. The van der Waals surface area contributed by atoms with Crippen LogP contribution in [0.4, 0.5) is 10.3 Å². The molecule has 0 radical (unpaired) electrons. The summed E-state index contributed by atoms with van der Waals surface area (Å²) in [7, 11) is -1.77. The number of methoxy groups -OCH3 is 1. The zero-order valence-corrected chi connectivity index (χ0v) is 21.1. The molecule has 0 saturated heterocycles. The van der Waals surface area contributed by atoms with Crippen LogP contribution >= 0.6 is 22.7 Å². The lowest BCUT2D eigenvalue weighted by Gasteiger charge is -2.08. The number of aryl methyl sites for hydroxylation is 1. The average Bonchev–Trinajstić information content (AvgIpc) is 3.51. The highest BCUT2D eigenvalue weighted by atomic mass is 32.2. The maximum absolute atomic E-state index is 13.0. The second kappa shape index (κ2) is 9.02. The normalized spacial score (nSPS) is 15.1. The van der Waals surface area contributed by atoms with E-state index >= 15 is 0 Å². The van der Waals surface area contributed by atoms with Crippen LogP contribution < -0.4 is 15.4 Å². The Morgan fingerprint density at radius 3 is 2.49 bits per heavy atom. The molecule has 2 amide bonds. The number of rotatable bonds is 6. The first-order chi connectivity index (χ1) is 16.7. The predicted octanol–water partition coefficient (Wildman–Crippen LogP) is 4.09. The van der Waals surface area contributed by atoms with E-state index in [9.17, 15) is 18.0 Å². The van der Waals surface area contributed by atoms with Crippen molar-refractivity contribution in [3.63, 3.8) is 0 Å². The second-order valence-electron chi connectivity index (χ2n) is 8.01. The quantitative estimate of drug-likeness (QED) is 0.386. The number of carbonyl (C=O) groups excluding carboxylic acids is 2. The van der Waals surface area contributed by atoms with Gasteiger partial charge in [-0.3, -0.25) is 14.9 Å². The van der Waals surface area contributed by atoms with Gasteiger partial charge in [0.1, 0.15) is 5.75 Å². The highest BCUT2D eigenvalue weighted by Gasteiger charge is 2.33. The topological polar surface area (TPSA) is 127 Å². The lowest BCUT2D eigenvalue weighted by Crippen LogP contribution is -2.20. The van der Waals surface area contributed by atoms with Crippen molar-refractivity contribution in [3.8, 4) is 5.75 Å². The molecule has 2 aromatic carbocycles. The molecule has 0 spiro atoms. The standard InChI is InChI=1S/C23H20N4O5S3/c1-32-13-5-3-12(4-6-13)20(28)26-23-25-19-15(8-10-17(19)33-23)21(29)27-22-24-16-9-7-14(35(2,30)31)11-18(16)34-22/h3-7,9,11,15H,8,10H2,1-2H3,(H,24,27,29)(H,25,26,28). The van der Waals surface area contributed by atoms with Crippen LogP contribution in [0.5, 0.6) is 5.75 Å². The largest absolute Gasteiger partial charge is 0.497 e. The molecule has 4 aromatic rings. The number of anilines is 2. The molecule has 1 unspecified atom stereocenters. The summed E-state index contributed by atoms with van der Waals surface area (Å²) in [4.78, 5) is 35.7. The molecular weight excluding hydrogens is 508 g/mol. The van der Waals surface area contributed by atoms with Gasteiger partial charge in [0.15, 0.2) is 20.1 Å². The van der Waals surface area contributed by atoms with Gasteiger partial charge in [0.05, 0.1) is 33.8 Å². The number of amides is 2. The Morgan fingerprint density at radius 1 is 1.03 bits per heavy atom. The van der Waals surface area contributed by atoms with E-state index in [1.54, 1.807) is 43.5 Å². The number of fused-ring (bicyclic) bond motifs is 2. The first-order valence-electron chi connectivity index (χ1n) is 10.6. The molecule has 2 heterocycles. The summed E-state index contributed by atoms with van der Waals surface area (Å²) in [5.74, 6) is -0.312. The van der Waals surface area contributed by atoms with E-state index in [4.69, 9.17) is 4.74 Å². The zero-order chi connectivity index (χ0) is 24.7. The summed E-state index contributed by atoms with van der Waals surface area (Å²) in [6.07, 6.45) is 2.47. The van der Waals surface area contributed by atoms with E-state index in [2.05, 4.69) is 20.6 Å². The Hall–Kier alpha value is -3.35. The molecule has 2 N–H and O–H groups in total. The SMILES string of the molecule is COc1ccc(C(=O)Nc2nc3c(s2)CCC3C(=O)Nc2nc3ccc(S(C)(=O)=O)cc3s2)cc1. The fraction of sp³-hybridized carbons (Fsp3) is 0.217. The number of thiazole rings is 2. The van der Waals surface area contributed by atoms with Gasteiger partial charge in [-0.25, -0.2) is 18.4 Å². The number of carbonyl (C=O) groups is 2. The van der Waals surface area contributed by atoms with Crippen LogP contribution in [0, 0.1) is 0 Å². The molecule has 0 bridgehead atoms. The summed E-state index contributed by atoms with van der Waals surface area (Å²) in [6.45, 7) is 0. The van der Waals surface area contributed by atoms with Gasteiger partial charge in [0.25, 0.3) is 5.91 Å². The summed E-state index contributed by atoms with van der Waals surface area (Å²) >= 11 is 2.59. The Kier molecular flexibility index (Phi) is 6.03. The minimum Gasteiger partial charge on any atom is -0.497 e. The van der Waals surface area contributed by atoms with Crippen LogP contribution in [0.25, 0.3) is 10.2 Å². The fourth-order valence-corrected chi connectivity index (χ4v) is 6.49. The van der Waals surface area contributed by atoms with Crippen LogP contribution in [0.3, 0.4) is 0 Å². The third-order valence-electron chi connectivity index (χ3n) is 5.63. The van der Waals surface area contributed by atoms with Crippen molar-refractivity contribution in [2.24, 2.45) is 0 Å². The Balaban J connectivity index is 1.29. The molecule has 1 atom stereocenters. The van der Waals surface area contributed by atoms with Crippen molar-refractivity contribution in [2.75, 3.05) is 24.0 Å². The predicted molar refractivity (Wildman–Crippen MR) is 135 cm³/mol. The molecule has 0 fully saturated rings. The molecule has 0 saturated carbocycles. The third kappa shape index (κ3) is 4.77. The molecule has 2 aromatic heterocycles. The first-order valence-corrected chi connectivity index (χ1v) is 14.1. The number of sulfone groups is 1. The van der Waals surface area contributed by atoms with Crippen LogP contribution in [0.15, 0.2) is 47.4 Å². The summed E-state index contributed by atoms with van der Waals surface area (Å²) < 4.78 is 29.4. The molecule has 1 aliphatic carbocycles. The molecule has 9 nitrogen and oxygen atoms in total. The smallest absolute Gasteiger partial charge is 0.257 e. The lowest BCUT2D eigenvalue weighted by molar-refractivity contribution is -0.117. The zero-order valence-electron chi connectivity index (χ0n) is 18.7. The van der Waals surface area contributed by atoms with Crippen molar-refractivity contribution in [1.82, 2.24) is 9.97 Å². The van der Waals surface area contributed by atoms with Gasteiger partial charge in [-0.1, -0.05) is 11.3 Å². The maximum Gasteiger partial charge on any atom is 0.257 e. The number of hydrogen-bond acceptors (Lipinski definition) is 9. The van der Waals surface area contributed by atoms with Gasteiger partial charge in [0.2, 0.25) is 5.91 Å². The van der Waals surface area contributed by atoms with Crippen LogP contribution in [0.1, 0.15) is 33.3 Å². The first kappa shape index (κ1) is 23.4. The Morgan fingerprint density at radius 2 is 1.77 bits per heavy atom. The Bertz CT molecular complexity index is 1560. The number of benzene rings is 2. The van der Waals surface area contributed by atoms with Crippen molar-refractivity contribution in [1.29, 1.82) is 0 Å². The summed E-state index contributed by atoms with van der Waals surface area (Å²) in [5.41, 5.74) is 1.75. The van der Waals surface area contributed by atoms with E-state index in [0.29, 0.717) is 50.3 Å². The molecule has 5 rings (SSSR count). The van der Waals surface area contributed by atoms with Gasteiger partial charge in [-0.15, -0.1) is 11.3 Å². The lowest BCUT2D eigenvalue weighted by atomic mass is 10.1. The molecule has 12 heteroatoms. The summed E-state index contributed by atoms with van der Waals surface area (Å²) in [6, 6.07) is 11.4. The third-order valence-corrected chi connectivity index (χ3v) is 8.72. The maximum atomic E-state index is 13.0. The minimum atomic E-state index is -3.33. The van der Waals surface area contributed by atoms with Crippen LogP contribution in [-0.4, -0.2) is 43.6 Å². The minimum absolute atomic E-state index is 0.207. The number of hydrogen-bond donors (Lipinski definition) is 2. The van der Waals surface area contributed by atoms with Gasteiger partial charge in [-0.2, -0.15) is 0 Å². The highest BCUT2D eigenvalue weighted by Crippen LogP contribution is 2.39. The molecule has 1 aliphatic rings. The van der Waals surface area contributed by atoms with E-state index in [1.165, 1.54) is 28.7 Å². The van der Waals surface area contributed by atoms with Gasteiger partial charge < -0.3 is 10.1 Å². The van der Waals surface area contributed by atoms with Gasteiger partial charge in [0, 0.05) is 16.7 Å². The second-order valence-corrected chi connectivity index (χ2v) is 12.1. The number of nitrogens with one attached hydrogen (secondary N) is 2. The van der Waals surface area contributed by atoms with E-state index in [-0.39, 0.29) is 16.7 Å². The molecule has 180 valence electrons. The molecule has 35 heavy (non-hydrogen) atoms. The molecule has 0 aliphatic heterocycles. The van der Waals surface area contributed by atoms with E-state index in [0.717, 1.165) is 11.1 Å². The van der Waals surface area contributed by atoms with Crippen molar-refractivity contribution in [2.45, 2.75) is 23.7 Å². The fourth-order valence-electron chi connectivity index (χ4n) is 3.83. The monoisotopic (exact) mass is 528 g/mol. The molecular formula is C23H20N4O5S3. The van der Waals surface area contributed by atoms with E-state index < -0.39 is 15.8 Å². The summed E-state index contributed by atoms with van der Waals surface area (Å²) in [5, 5.41) is 6.49. The van der Waals surface area contributed by atoms with Gasteiger partial charge in [-0.05, 0) is 55.3 Å². The number of aromatic nitrogens is 2. The van der Waals surface area contributed by atoms with Crippen molar-refractivity contribution in [3.05, 3.63) is 58.6 Å². The van der Waals surface area contributed by atoms with Gasteiger partial charge >= 0.3 is 0 Å². The van der Waals surface area contributed by atoms with Crippen molar-refractivity contribution < 1.29 is 22.7 Å². The Labute approximate surface area is 209 Å². The van der Waals surface area contributed by atoms with Crippen LogP contribution in [-0.2, 0) is 21.1 Å². The van der Waals surface area contributed by atoms with E-state index in [1.807, 2.05) is 0 Å². The van der Waals surface area contributed by atoms with Crippen LogP contribution in [0.2, 0.25) is 0 Å².